The van der Waals surface area contributed by atoms with E-state index >= 15 is 0 Å². The number of nitrogens with zero attached hydrogens (tertiary/aromatic N) is 1. The van der Waals surface area contributed by atoms with E-state index in [1.54, 1.807) is 0 Å². The summed E-state index contributed by atoms with van der Waals surface area (Å²) in [5.41, 5.74) is 2.80. The van der Waals surface area contributed by atoms with Crippen LogP contribution < -0.4 is 5.32 Å². The van der Waals surface area contributed by atoms with E-state index in [-0.39, 0.29) is 0 Å². The Bertz CT molecular complexity index is 360. The van der Waals surface area contributed by atoms with Gasteiger partial charge in [0, 0.05) is 23.9 Å². The van der Waals surface area contributed by atoms with Crippen LogP contribution in [0, 0.1) is 5.92 Å². The summed E-state index contributed by atoms with van der Waals surface area (Å²) in [6.45, 7) is 4.60. The smallest absolute Gasteiger partial charge is 0.0482 e. The number of aromatic nitrogens is 1. The summed E-state index contributed by atoms with van der Waals surface area (Å²) in [7, 11) is 2.09. The number of rotatable bonds is 5. The molecule has 17 heavy (non-hydrogen) atoms. The fraction of sp³-hybridized carbons (Fsp3) is 0.667. The highest BCUT2D eigenvalue weighted by Gasteiger charge is 2.29. The first-order valence-electron chi connectivity index (χ1n) is 6.83. The summed E-state index contributed by atoms with van der Waals surface area (Å²) < 4.78 is 0. The summed E-state index contributed by atoms with van der Waals surface area (Å²) in [5.74, 6) is 1.41. The molecule has 0 saturated carbocycles. The number of pyridine rings is 1. The Morgan fingerprint density at radius 3 is 2.94 bits per heavy atom. The minimum absolute atomic E-state index is 0.591. The second-order valence-electron chi connectivity index (χ2n) is 5.56. The predicted octanol–water partition coefficient (Wildman–Crippen LogP) is 3.14. The molecule has 1 N–H and O–H groups in total. The highest BCUT2D eigenvalue weighted by molar-refractivity contribution is 5.29. The summed E-state index contributed by atoms with van der Waals surface area (Å²) in [6, 6.07) is 4.88. The lowest BCUT2D eigenvalue weighted by Gasteiger charge is -2.24. The van der Waals surface area contributed by atoms with Crippen molar-refractivity contribution in [1.29, 1.82) is 0 Å². The maximum atomic E-state index is 4.60. The standard InChI is InChI=1S/C15H24N2/c1-11(2)6-9-14(16-3)13-8-7-12-5-4-10-17-15(12)13/h4-5,10-11,13-14,16H,6-9H2,1-3H3. The molecule has 0 aromatic carbocycles. The van der Waals surface area contributed by atoms with Crippen molar-refractivity contribution < 1.29 is 0 Å². The molecule has 2 nitrogen and oxygen atoms in total. The van der Waals surface area contributed by atoms with Crippen LogP contribution in [0.3, 0.4) is 0 Å². The summed E-state index contributed by atoms with van der Waals surface area (Å²) in [4.78, 5) is 4.60. The highest BCUT2D eigenvalue weighted by Crippen LogP contribution is 2.35. The number of fused-ring (bicyclic) bond motifs is 1. The quantitative estimate of drug-likeness (QED) is 0.843. The molecule has 0 amide bonds. The van der Waals surface area contributed by atoms with E-state index in [1.165, 1.54) is 36.9 Å². The Hall–Kier alpha value is -0.890. The minimum atomic E-state index is 0.591. The van der Waals surface area contributed by atoms with Gasteiger partial charge in [0.1, 0.15) is 0 Å². The largest absolute Gasteiger partial charge is 0.316 e. The second-order valence-corrected chi connectivity index (χ2v) is 5.56. The fourth-order valence-electron chi connectivity index (χ4n) is 2.90. The first kappa shape index (κ1) is 12.6. The normalized spacial score (nSPS) is 20.6. The second kappa shape index (κ2) is 5.63. The average Bonchev–Trinajstić information content (AvgIpc) is 2.74. The number of hydrogen-bond acceptors (Lipinski definition) is 2. The van der Waals surface area contributed by atoms with Crippen molar-refractivity contribution in [1.82, 2.24) is 10.3 Å². The van der Waals surface area contributed by atoms with Gasteiger partial charge >= 0.3 is 0 Å². The van der Waals surface area contributed by atoms with Crippen LogP contribution in [0.4, 0.5) is 0 Å². The van der Waals surface area contributed by atoms with Gasteiger partial charge in [0.2, 0.25) is 0 Å². The number of likely N-dealkylation sites (N-methyl/N-ethyl adjacent to an activating group) is 1. The number of nitrogens with one attached hydrogen (secondary N) is 1. The molecule has 1 aliphatic carbocycles. The monoisotopic (exact) mass is 232 g/mol. The van der Waals surface area contributed by atoms with Crippen molar-refractivity contribution in [2.75, 3.05) is 7.05 Å². The molecule has 0 fully saturated rings. The van der Waals surface area contributed by atoms with Crippen LogP contribution in [-0.2, 0) is 6.42 Å². The Morgan fingerprint density at radius 1 is 1.41 bits per heavy atom. The van der Waals surface area contributed by atoms with Crippen molar-refractivity contribution in [3.63, 3.8) is 0 Å². The summed E-state index contributed by atoms with van der Waals surface area (Å²) in [5, 5.41) is 3.50. The summed E-state index contributed by atoms with van der Waals surface area (Å²) in [6.07, 6.45) is 6.95. The predicted molar refractivity (Wildman–Crippen MR) is 72.2 cm³/mol. The third-order valence-electron chi connectivity index (χ3n) is 3.91. The molecule has 2 atom stereocenters. The van der Waals surface area contributed by atoms with E-state index in [0.29, 0.717) is 12.0 Å². The molecule has 1 heterocycles. The van der Waals surface area contributed by atoms with E-state index in [1.807, 2.05) is 6.20 Å². The van der Waals surface area contributed by atoms with Crippen LogP contribution in [0.2, 0.25) is 0 Å². The molecule has 0 spiro atoms. The zero-order valence-electron chi connectivity index (χ0n) is 11.2. The molecule has 0 radical (unpaired) electrons. The van der Waals surface area contributed by atoms with Crippen molar-refractivity contribution in [3.05, 3.63) is 29.6 Å². The van der Waals surface area contributed by atoms with Crippen LogP contribution >= 0.6 is 0 Å². The number of aryl methyl sites for hydroxylation is 1. The Morgan fingerprint density at radius 2 is 2.24 bits per heavy atom. The topological polar surface area (TPSA) is 24.9 Å². The molecule has 1 aromatic heterocycles. The number of hydrogen-bond donors (Lipinski definition) is 1. The van der Waals surface area contributed by atoms with Gasteiger partial charge in [0.05, 0.1) is 0 Å². The van der Waals surface area contributed by atoms with E-state index in [9.17, 15) is 0 Å². The van der Waals surface area contributed by atoms with Crippen LogP contribution in [0.5, 0.6) is 0 Å². The van der Waals surface area contributed by atoms with Crippen LogP contribution in [-0.4, -0.2) is 18.1 Å². The molecular formula is C15H24N2. The van der Waals surface area contributed by atoms with Crippen molar-refractivity contribution in [2.45, 2.75) is 51.5 Å². The van der Waals surface area contributed by atoms with Gasteiger partial charge in [-0.05, 0) is 50.3 Å². The third kappa shape index (κ3) is 2.86. The lowest BCUT2D eigenvalue weighted by atomic mass is 9.91. The van der Waals surface area contributed by atoms with Gasteiger partial charge < -0.3 is 5.32 Å². The molecule has 0 saturated heterocycles. The molecule has 2 unspecified atom stereocenters. The highest BCUT2D eigenvalue weighted by atomic mass is 14.9. The van der Waals surface area contributed by atoms with Gasteiger partial charge in [-0.25, -0.2) is 0 Å². The summed E-state index contributed by atoms with van der Waals surface area (Å²) >= 11 is 0. The molecule has 0 bridgehead atoms. The molecular weight excluding hydrogens is 208 g/mol. The van der Waals surface area contributed by atoms with Crippen LogP contribution in [0.25, 0.3) is 0 Å². The van der Waals surface area contributed by atoms with E-state index < -0.39 is 0 Å². The average molecular weight is 232 g/mol. The van der Waals surface area contributed by atoms with Gasteiger partial charge in [-0.15, -0.1) is 0 Å². The van der Waals surface area contributed by atoms with Crippen molar-refractivity contribution in [3.8, 4) is 0 Å². The van der Waals surface area contributed by atoms with Crippen molar-refractivity contribution in [2.24, 2.45) is 5.92 Å². The van der Waals surface area contributed by atoms with Gasteiger partial charge in [0.25, 0.3) is 0 Å². The Labute approximate surface area is 105 Å². The third-order valence-corrected chi connectivity index (χ3v) is 3.91. The zero-order valence-corrected chi connectivity index (χ0v) is 11.2. The van der Waals surface area contributed by atoms with Crippen LogP contribution in [0.15, 0.2) is 18.3 Å². The zero-order chi connectivity index (χ0) is 12.3. The van der Waals surface area contributed by atoms with Gasteiger partial charge in [-0.1, -0.05) is 19.9 Å². The first-order chi connectivity index (χ1) is 8.22. The molecule has 1 aromatic rings. The molecule has 2 heteroatoms. The van der Waals surface area contributed by atoms with Gasteiger partial charge in [-0.2, -0.15) is 0 Å². The molecule has 94 valence electrons. The van der Waals surface area contributed by atoms with E-state index in [0.717, 1.165) is 5.92 Å². The Balaban J connectivity index is 2.06. The molecule has 0 aliphatic heterocycles. The van der Waals surface area contributed by atoms with E-state index in [2.05, 4.69) is 43.3 Å². The first-order valence-corrected chi connectivity index (χ1v) is 6.83. The fourth-order valence-corrected chi connectivity index (χ4v) is 2.90. The minimum Gasteiger partial charge on any atom is -0.316 e. The SMILES string of the molecule is CNC(CCC(C)C)C1CCc2cccnc21. The molecule has 1 aliphatic rings. The van der Waals surface area contributed by atoms with Gasteiger partial charge in [-0.3, -0.25) is 4.98 Å². The van der Waals surface area contributed by atoms with Crippen molar-refractivity contribution >= 4 is 0 Å². The molecule has 2 rings (SSSR count). The lowest BCUT2D eigenvalue weighted by molar-refractivity contribution is 0.391. The van der Waals surface area contributed by atoms with Gasteiger partial charge in [0.15, 0.2) is 0 Å². The lowest BCUT2D eigenvalue weighted by Crippen LogP contribution is -2.31. The van der Waals surface area contributed by atoms with E-state index in [4.69, 9.17) is 0 Å². The Kier molecular flexibility index (Phi) is 4.16. The maximum absolute atomic E-state index is 4.60. The maximum Gasteiger partial charge on any atom is 0.0482 e. The van der Waals surface area contributed by atoms with Crippen LogP contribution in [0.1, 0.15) is 50.3 Å².